The number of nitrogens with one attached hydrogen (secondary N) is 2. The summed E-state index contributed by atoms with van der Waals surface area (Å²) in [5.41, 5.74) is 1.78. The molecule has 6 heteroatoms. The third-order valence-electron chi connectivity index (χ3n) is 3.98. The summed E-state index contributed by atoms with van der Waals surface area (Å²) in [5, 5.41) is 15.0. The molecule has 2 aromatic carbocycles. The van der Waals surface area contributed by atoms with Crippen LogP contribution in [0.4, 0.5) is 10.5 Å². The van der Waals surface area contributed by atoms with E-state index in [1.54, 1.807) is 30.3 Å². The molecule has 1 aliphatic heterocycles. The van der Waals surface area contributed by atoms with Crippen LogP contribution in [0, 0.1) is 0 Å². The summed E-state index contributed by atoms with van der Waals surface area (Å²) in [6, 6.07) is 12.2. The number of carbonyl (C=O) groups excluding carboxylic acids is 1. The molecule has 0 saturated carbocycles. The molecule has 2 amide bonds. The molecular formula is C19H22N2O4. The van der Waals surface area contributed by atoms with Crippen LogP contribution in [0.1, 0.15) is 18.9 Å². The number of aromatic hydroxyl groups is 1. The Morgan fingerprint density at radius 1 is 1.12 bits per heavy atom. The maximum atomic E-state index is 12.1. The highest BCUT2D eigenvalue weighted by Crippen LogP contribution is 2.32. The van der Waals surface area contributed by atoms with E-state index in [1.807, 2.05) is 19.1 Å². The van der Waals surface area contributed by atoms with Crippen LogP contribution in [0.3, 0.4) is 0 Å². The van der Waals surface area contributed by atoms with Crippen molar-refractivity contribution in [2.24, 2.45) is 0 Å². The number of carbonyl (C=O) groups is 1. The number of fused-ring (bicyclic) bond motifs is 1. The first kappa shape index (κ1) is 17.0. The fraction of sp³-hybridized carbons (Fsp3) is 0.316. The highest BCUT2D eigenvalue weighted by atomic mass is 16.6. The van der Waals surface area contributed by atoms with Crippen molar-refractivity contribution in [2.75, 3.05) is 18.5 Å². The predicted octanol–water partition coefficient (Wildman–Crippen LogP) is 3.31. The molecule has 3 N–H and O–H groups in total. The second kappa shape index (κ2) is 7.79. The zero-order valence-corrected chi connectivity index (χ0v) is 14.1. The summed E-state index contributed by atoms with van der Waals surface area (Å²) in [7, 11) is 0. The largest absolute Gasteiger partial charge is 0.508 e. The van der Waals surface area contributed by atoms with Crippen molar-refractivity contribution in [1.29, 1.82) is 0 Å². The average Bonchev–Trinajstić information content (AvgIpc) is 2.61. The van der Waals surface area contributed by atoms with Crippen molar-refractivity contribution in [3.8, 4) is 17.2 Å². The molecule has 0 radical (unpaired) electrons. The lowest BCUT2D eigenvalue weighted by Gasteiger charge is -2.19. The number of phenols is 1. The molecule has 3 rings (SSSR count). The van der Waals surface area contributed by atoms with Crippen LogP contribution in [-0.2, 0) is 6.42 Å². The molecule has 1 atom stereocenters. The Balaban J connectivity index is 1.47. The van der Waals surface area contributed by atoms with Crippen molar-refractivity contribution < 1.29 is 19.4 Å². The Labute approximate surface area is 146 Å². The van der Waals surface area contributed by atoms with Crippen molar-refractivity contribution in [1.82, 2.24) is 5.32 Å². The molecule has 1 heterocycles. The van der Waals surface area contributed by atoms with Crippen molar-refractivity contribution in [2.45, 2.75) is 25.8 Å². The minimum absolute atomic E-state index is 0.0195. The number of aryl methyl sites for hydroxylation is 1. The summed E-state index contributed by atoms with van der Waals surface area (Å²) in [6.45, 7) is 3.01. The Kier molecular flexibility index (Phi) is 5.28. The lowest BCUT2D eigenvalue weighted by atomic mass is 10.1. The van der Waals surface area contributed by atoms with E-state index in [9.17, 15) is 9.90 Å². The molecule has 25 heavy (non-hydrogen) atoms. The quantitative estimate of drug-likeness (QED) is 0.779. The third kappa shape index (κ3) is 4.79. The number of rotatable bonds is 5. The molecule has 0 fully saturated rings. The van der Waals surface area contributed by atoms with E-state index >= 15 is 0 Å². The maximum Gasteiger partial charge on any atom is 0.319 e. The van der Waals surface area contributed by atoms with E-state index in [4.69, 9.17) is 9.47 Å². The van der Waals surface area contributed by atoms with Crippen LogP contribution in [0.25, 0.3) is 0 Å². The van der Waals surface area contributed by atoms with E-state index in [1.165, 1.54) is 0 Å². The molecule has 0 saturated heterocycles. The average molecular weight is 342 g/mol. The topological polar surface area (TPSA) is 79.8 Å². The summed E-state index contributed by atoms with van der Waals surface area (Å²) in [5.74, 6) is 1.60. The molecule has 0 spiro atoms. The molecule has 1 unspecified atom stereocenters. The van der Waals surface area contributed by atoms with Crippen LogP contribution in [0.2, 0.25) is 0 Å². The highest BCUT2D eigenvalue weighted by Gasteiger charge is 2.13. The molecule has 2 aromatic rings. The number of benzene rings is 2. The van der Waals surface area contributed by atoms with Crippen LogP contribution >= 0.6 is 0 Å². The Morgan fingerprint density at radius 2 is 1.84 bits per heavy atom. The maximum absolute atomic E-state index is 12.1. The van der Waals surface area contributed by atoms with Gasteiger partial charge in [0.15, 0.2) is 11.5 Å². The number of ether oxygens (including phenoxy) is 2. The SMILES string of the molecule is CC(CCc1ccc(O)cc1)NC(=O)Nc1ccc2c(c1)OCCO2. The number of phenolic OH excluding ortho intramolecular Hbond substituents is 1. The van der Waals surface area contributed by atoms with E-state index in [0.717, 1.165) is 18.4 Å². The van der Waals surface area contributed by atoms with Gasteiger partial charge in [-0.05, 0) is 49.6 Å². The molecule has 0 aromatic heterocycles. The minimum atomic E-state index is -0.255. The van der Waals surface area contributed by atoms with Crippen LogP contribution in [-0.4, -0.2) is 30.4 Å². The zero-order chi connectivity index (χ0) is 17.6. The third-order valence-corrected chi connectivity index (χ3v) is 3.98. The minimum Gasteiger partial charge on any atom is -0.508 e. The molecule has 1 aliphatic rings. The second-order valence-corrected chi connectivity index (χ2v) is 6.06. The van der Waals surface area contributed by atoms with Gasteiger partial charge in [0.05, 0.1) is 0 Å². The fourth-order valence-corrected chi connectivity index (χ4v) is 2.63. The number of hydrogen-bond acceptors (Lipinski definition) is 4. The summed E-state index contributed by atoms with van der Waals surface area (Å²) >= 11 is 0. The Morgan fingerprint density at radius 3 is 2.60 bits per heavy atom. The van der Waals surface area contributed by atoms with Gasteiger partial charge in [-0.3, -0.25) is 0 Å². The highest BCUT2D eigenvalue weighted by molar-refractivity contribution is 5.89. The fourth-order valence-electron chi connectivity index (χ4n) is 2.63. The monoisotopic (exact) mass is 342 g/mol. The Hall–Kier alpha value is -2.89. The molecular weight excluding hydrogens is 320 g/mol. The van der Waals surface area contributed by atoms with Gasteiger partial charge in [0.25, 0.3) is 0 Å². The lowest BCUT2D eigenvalue weighted by molar-refractivity contribution is 0.171. The molecule has 132 valence electrons. The van der Waals surface area contributed by atoms with E-state index in [2.05, 4.69) is 10.6 Å². The number of amides is 2. The number of urea groups is 1. The van der Waals surface area contributed by atoms with Gasteiger partial charge in [-0.2, -0.15) is 0 Å². The standard InChI is InChI=1S/C19H22N2O4/c1-13(2-3-14-4-7-16(22)8-5-14)20-19(23)21-15-6-9-17-18(12-15)25-11-10-24-17/h4-9,12-13,22H,2-3,10-11H2,1H3,(H2,20,21,23). The van der Waals surface area contributed by atoms with E-state index in [-0.39, 0.29) is 17.8 Å². The van der Waals surface area contributed by atoms with Gasteiger partial charge in [-0.1, -0.05) is 12.1 Å². The van der Waals surface area contributed by atoms with E-state index in [0.29, 0.717) is 30.4 Å². The molecule has 6 nitrogen and oxygen atoms in total. The molecule has 0 aliphatic carbocycles. The summed E-state index contributed by atoms with van der Waals surface area (Å²) < 4.78 is 11.0. The van der Waals surface area contributed by atoms with Crippen molar-refractivity contribution in [3.05, 3.63) is 48.0 Å². The van der Waals surface area contributed by atoms with Crippen molar-refractivity contribution >= 4 is 11.7 Å². The number of anilines is 1. The van der Waals surface area contributed by atoms with Gasteiger partial charge >= 0.3 is 6.03 Å². The van der Waals surface area contributed by atoms with Crippen molar-refractivity contribution in [3.63, 3.8) is 0 Å². The Bertz CT molecular complexity index is 731. The first-order chi connectivity index (χ1) is 12.1. The van der Waals surface area contributed by atoms with Gasteiger partial charge in [0.2, 0.25) is 0 Å². The van der Waals surface area contributed by atoms with Crippen LogP contribution < -0.4 is 20.1 Å². The lowest BCUT2D eigenvalue weighted by Crippen LogP contribution is -2.36. The van der Waals surface area contributed by atoms with E-state index < -0.39 is 0 Å². The summed E-state index contributed by atoms with van der Waals surface area (Å²) in [6.07, 6.45) is 1.63. The first-order valence-electron chi connectivity index (χ1n) is 8.35. The van der Waals surface area contributed by atoms with Gasteiger partial charge in [0, 0.05) is 17.8 Å². The van der Waals surface area contributed by atoms with Gasteiger partial charge in [-0.15, -0.1) is 0 Å². The van der Waals surface area contributed by atoms with Gasteiger partial charge in [-0.25, -0.2) is 4.79 Å². The van der Waals surface area contributed by atoms with Crippen LogP contribution in [0.5, 0.6) is 17.2 Å². The normalized spacial score (nSPS) is 13.8. The number of hydrogen-bond donors (Lipinski definition) is 3. The van der Waals surface area contributed by atoms with Gasteiger partial charge < -0.3 is 25.2 Å². The summed E-state index contributed by atoms with van der Waals surface area (Å²) in [4.78, 5) is 12.1. The zero-order valence-electron chi connectivity index (χ0n) is 14.1. The second-order valence-electron chi connectivity index (χ2n) is 6.06. The smallest absolute Gasteiger partial charge is 0.319 e. The van der Waals surface area contributed by atoms with Gasteiger partial charge in [0.1, 0.15) is 19.0 Å². The molecule has 0 bridgehead atoms. The van der Waals surface area contributed by atoms with Crippen LogP contribution in [0.15, 0.2) is 42.5 Å². The first-order valence-corrected chi connectivity index (χ1v) is 8.35. The predicted molar refractivity (Wildman–Crippen MR) is 95.5 cm³/mol.